The second-order valence-corrected chi connectivity index (χ2v) is 6.83. The van der Waals surface area contributed by atoms with Gasteiger partial charge in [0.15, 0.2) is 0 Å². The van der Waals surface area contributed by atoms with E-state index in [1.54, 1.807) is 18.0 Å². The zero-order valence-electron chi connectivity index (χ0n) is 12.8. The number of benzene rings is 2. The summed E-state index contributed by atoms with van der Waals surface area (Å²) in [6.07, 6.45) is -2.70. The van der Waals surface area contributed by atoms with Gasteiger partial charge in [0, 0.05) is 10.1 Å². The Balaban J connectivity index is 1.93. The number of halogens is 3. The lowest BCUT2D eigenvalue weighted by Gasteiger charge is -2.07. The SMILES string of the molecule is CC(C)Sc1ccc(C=NNc2ccc(C(F)(F)F)cc2)cc1. The first-order valence-corrected chi connectivity index (χ1v) is 7.95. The first kappa shape index (κ1) is 17.4. The van der Waals surface area contributed by atoms with E-state index in [2.05, 4.69) is 24.4 Å². The fraction of sp³-hybridized carbons (Fsp3) is 0.235. The third kappa shape index (κ3) is 5.63. The van der Waals surface area contributed by atoms with Crippen LogP contribution in [0.3, 0.4) is 0 Å². The van der Waals surface area contributed by atoms with Crippen molar-refractivity contribution in [1.82, 2.24) is 0 Å². The highest BCUT2D eigenvalue weighted by Crippen LogP contribution is 2.29. The highest BCUT2D eigenvalue weighted by atomic mass is 32.2. The minimum atomic E-state index is -4.32. The molecule has 23 heavy (non-hydrogen) atoms. The molecular weight excluding hydrogens is 321 g/mol. The standard InChI is InChI=1S/C17H17F3N2S/c1-12(2)23-16-9-3-13(4-10-16)11-21-22-15-7-5-14(6-8-15)17(18,19)20/h3-12,22H,1-2H3. The van der Waals surface area contributed by atoms with Crippen LogP contribution < -0.4 is 5.43 Å². The summed E-state index contributed by atoms with van der Waals surface area (Å²) < 4.78 is 37.4. The van der Waals surface area contributed by atoms with E-state index in [4.69, 9.17) is 0 Å². The first-order valence-electron chi connectivity index (χ1n) is 7.07. The molecule has 1 N–H and O–H groups in total. The molecule has 2 aromatic carbocycles. The molecule has 2 rings (SSSR count). The summed E-state index contributed by atoms with van der Waals surface area (Å²) in [5.74, 6) is 0. The van der Waals surface area contributed by atoms with E-state index in [0.717, 1.165) is 17.7 Å². The highest BCUT2D eigenvalue weighted by molar-refractivity contribution is 7.99. The molecule has 0 fully saturated rings. The molecule has 0 amide bonds. The summed E-state index contributed by atoms with van der Waals surface area (Å²) >= 11 is 1.78. The van der Waals surface area contributed by atoms with Crippen molar-refractivity contribution in [1.29, 1.82) is 0 Å². The number of nitrogens with zero attached hydrogens (tertiary/aromatic N) is 1. The molecular formula is C17H17F3N2S. The van der Waals surface area contributed by atoms with Gasteiger partial charge in [-0.15, -0.1) is 11.8 Å². The molecule has 0 aliphatic heterocycles. The smallest absolute Gasteiger partial charge is 0.279 e. The summed E-state index contributed by atoms with van der Waals surface area (Å²) in [4.78, 5) is 1.19. The predicted octanol–water partition coefficient (Wildman–Crippen LogP) is 5.65. The van der Waals surface area contributed by atoms with Crippen LogP contribution >= 0.6 is 11.8 Å². The second kappa shape index (κ2) is 7.55. The van der Waals surface area contributed by atoms with Crippen molar-refractivity contribution in [3.05, 3.63) is 59.7 Å². The number of nitrogens with one attached hydrogen (secondary N) is 1. The van der Waals surface area contributed by atoms with Gasteiger partial charge < -0.3 is 0 Å². The average molecular weight is 338 g/mol. The van der Waals surface area contributed by atoms with E-state index in [1.807, 2.05) is 24.3 Å². The van der Waals surface area contributed by atoms with Gasteiger partial charge in [-0.1, -0.05) is 26.0 Å². The van der Waals surface area contributed by atoms with Crippen LogP contribution in [0.1, 0.15) is 25.0 Å². The fourth-order valence-corrected chi connectivity index (χ4v) is 2.66. The average Bonchev–Trinajstić information content (AvgIpc) is 2.48. The van der Waals surface area contributed by atoms with Crippen LogP contribution in [-0.4, -0.2) is 11.5 Å². The molecule has 0 atom stereocenters. The first-order chi connectivity index (χ1) is 10.8. The molecule has 0 radical (unpaired) electrons. The molecule has 0 heterocycles. The van der Waals surface area contributed by atoms with Crippen LogP contribution in [0.5, 0.6) is 0 Å². The maximum Gasteiger partial charge on any atom is 0.416 e. The minimum absolute atomic E-state index is 0.501. The number of hydrogen-bond acceptors (Lipinski definition) is 3. The highest BCUT2D eigenvalue weighted by Gasteiger charge is 2.29. The fourth-order valence-electron chi connectivity index (χ4n) is 1.82. The molecule has 122 valence electrons. The molecule has 0 aromatic heterocycles. The molecule has 2 nitrogen and oxygen atoms in total. The Morgan fingerprint density at radius 3 is 2.13 bits per heavy atom. The summed E-state index contributed by atoms with van der Waals surface area (Å²) in [5.41, 5.74) is 3.46. The van der Waals surface area contributed by atoms with E-state index in [0.29, 0.717) is 10.9 Å². The number of thioether (sulfide) groups is 1. The molecule has 2 aromatic rings. The van der Waals surface area contributed by atoms with Gasteiger partial charge in [0.1, 0.15) is 0 Å². The minimum Gasteiger partial charge on any atom is -0.279 e. The summed E-state index contributed by atoms with van der Waals surface area (Å²) in [5, 5.41) is 4.56. The van der Waals surface area contributed by atoms with Gasteiger partial charge in [0.05, 0.1) is 17.5 Å². The summed E-state index contributed by atoms with van der Waals surface area (Å²) in [6.45, 7) is 4.27. The molecule has 0 aliphatic rings. The van der Waals surface area contributed by atoms with Gasteiger partial charge in [-0.05, 0) is 42.0 Å². The van der Waals surface area contributed by atoms with Gasteiger partial charge in [-0.3, -0.25) is 5.43 Å². The van der Waals surface area contributed by atoms with E-state index in [1.165, 1.54) is 17.0 Å². The molecule has 0 unspecified atom stereocenters. The topological polar surface area (TPSA) is 24.4 Å². The van der Waals surface area contributed by atoms with Crippen LogP contribution in [0.2, 0.25) is 0 Å². The number of hydrogen-bond donors (Lipinski definition) is 1. The Morgan fingerprint density at radius 1 is 1.00 bits per heavy atom. The predicted molar refractivity (Wildman–Crippen MR) is 90.1 cm³/mol. The third-order valence-corrected chi connectivity index (χ3v) is 3.89. The Kier molecular flexibility index (Phi) is 5.71. The van der Waals surface area contributed by atoms with Crippen molar-refractivity contribution < 1.29 is 13.2 Å². The molecule has 0 saturated carbocycles. The molecule has 6 heteroatoms. The van der Waals surface area contributed by atoms with Crippen molar-refractivity contribution in [3.63, 3.8) is 0 Å². The van der Waals surface area contributed by atoms with Crippen molar-refractivity contribution in [2.75, 3.05) is 5.43 Å². The Bertz CT molecular complexity index is 647. The molecule has 0 spiro atoms. The Hall–Kier alpha value is -1.95. The quantitative estimate of drug-likeness (QED) is 0.433. The Labute approximate surface area is 137 Å². The van der Waals surface area contributed by atoms with E-state index < -0.39 is 11.7 Å². The van der Waals surface area contributed by atoms with Crippen LogP contribution in [0.25, 0.3) is 0 Å². The van der Waals surface area contributed by atoms with Crippen molar-refractivity contribution in [3.8, 4) is 0 Å². The van der Waals surface area contributed by atoms with Crippen LogP contribution in [0, 0.1) is 0 Å². The third-order valence-electron chi connectivity index (χ3n) is 2.87. The van der Waals surface area contributed by atoms with Gasteiger partial charge in [0.25, 0.3) is 0 Å². The van der Waals surface area contributed by atoms with Crippen LogP contribution in [0.4, 0.5) is 18.9 Å². The summed E-state index contributed by atoms with van der Waals surface area (Å²) in [6, 6.07) is 12.7. The molecule has 0 saturated heterocycles. The number of alkyl halides is 3. The second-order valence-electron chi connectivity index (χ2n) is 5.18. The van der Waals surface area contributed by atoms with Crippen molar-refractivity contribution in [2.24, 2.45) is 5.10 Å². The monoisotopic (exact) mass is 338 g/mol. The van der Waals surface area contributed by atoms with Crippen LogP contribution in [0.15, 0.2) is 58.5 Å². The van der Waals surface area contributed by atoms with E-state index >= 15 is 0 Å². The van der Waals surface area contributed by atoms with Crippen molar-refractivity contribution in [2.45, 2.75) is 30.2 Å². The maximum absolute atomic E-state index is 12.5. The number of anilines is 1. The zero-order chi connectivity index (χ0) is 16.9. The van der Waals surface area contributed by atoms with Gasteiger partial charge >= 0.3 is 6.18 Å². The maximum atomic E-state index is 12.5. The lowest BCUT2D eigenvalue weighted by atomic mass is 10.2. The van der Waals surface area contributed by atoms with Gasteiger partial charge in [-0.2, -0.15) is 18.3 Å². The zero-order valence-corrected chi connectivity index (χ0v) is 13.6. The van der Waals surface area contributed by atoms with E-state index in [-0.39, 0.29) is 0 Å². The lowest BCUT2D eigenvalue weighted by molar-refractivity contribution is -0.137. The van der Waals surface area contributed by atoms with Gasteiger partial charge in [0.2, 0.25) is 0 Å². The van der Waals surface area contributed by atoms with Gasteiger partial charge in [-0.25, -0.2) is 0 Å². The molecule has 0 bridgehead atoms. The van der Waals surface area contributed by atoms with Crippen LogP contribution in [-0.2, 0) is 6.18 Å². The lowest BCUT2D eigenvalue weighted by Crippen LogP contribution is -2.04. The van der Waals surface area contributed by atoms with Crippen molar-refractivity contribution >= 4 is 23.7 Å². The number of rotatable bonds is 5. The summed E-state index contributed by atoms with van der Waals surface area (Å²) in [7, 11) is 0. The largest absolute Gasteiger partial charge is 0.416 e. The molecule has 0 aliphatic carbocycles. The van der Waals surface area contributed by atoms with E-state index in [9.17, 15) is 13.2 Å². The normalized spacial score (nSPS) is 12.1. The Morgan fingerprint density at radius 2 is 1.61 bits per heavy atom. The number of hydrazone groups is 1.